The predicted molar refractivity (Wildman–Crippen MR) is 115 cm³/mol. The maximum absolute atomic E-state index is 12.4. The zero-order chi connectivity index (χ0) is 21.3. The molecule has 1 aliphatic rings. The predicted octanol–water partition coefficient (Wildman–Crippen LogP) is 3.12. The van der Waals surface area contributed by atoms with Crippen LogP contribution in [0.4, 0.5) is 16.3 Å². The van der Waals surface area contributed by atoms with Crippen LogP contribution in [0.15, 0.2) is 48.7 Å². The molecule has 0 aliphatic carbocycles. The number of carbonyl (C=O) groups excluding carboxylic acids is 3. The number of pyridine rings is 1. The molecule has 1 aromatic carbocycles. The number of hydrogen-bond acceptors (Lipinski definition) is 4. The first-order chi connectivity index (χ1) is 14.5. The Kier molecular flexibility index (Phi) is 7.62. The second-order valence-electron chi connectivity index (χ2n) is 7.00. The Balaban J connectivity index is 1.35. The van der Waals surface area contributed by atoms with Gasteiger partial charge in [0.25, 0.3) is 0 Å². The zero-order valence-corrected chi connectivity index (χ0v) is 17.2. The van der Waals surface area contributed by atoms with Gasteiger partial charge in [-0.15, -0.1) is 0 Å². The van der Waals surface area contributed by atoms with Gasteiger partial charge in [0.1, 0.15) is 5.82 Å². The van der Waals surface area contributed by atoms with Crippen LogP contribution in [0.5, 0.6) is 0 Å². The molecule has 0 atom stereocenters. The van der Waals surface area contributed by atoms with Crippen molar-refractivity contribution in [3.05, 3.63) is 53.7 Å². The lowest BCUT2D eigenvalue weighted by atomic mass is 9.95. The number of amides is 4. The molecule has 30 heavy (non-hydrogen) atoms. The van der Waals surface area contributed by atoms with Gasteiger partial charge in [-0.2, -0.15) is 0 Å². The molecular weight excluding hydrogens is 406 g/mol. The summed E-state index contributed by atoms with van der Waals surface area (Å²) in [4.78, 5) is 42.4. The summed E-state index contributed by atoms with van der Waals surface area (Å²) in [5, 5.41) is 8.68. The summed E-state index contributed by atoms with van der Waals surface area (Å²) in [6.07, 6.45) is 2.88. The summed E-state index contributed by atoms with van der Waals surface area (Å²) < 4.78 is 0. The maximum Gasteiger partial charge on any atom is 0.319 e. The molecule has 3 N–H and O–H groups in total. The maximum atomic E-state index is 12.4. The smallest absolute Gasteiger partial charge is 0.319 e. The van der Waals surface area contributed by atoms with Crippen LogP contribution in [-0.2, 0) is 9.59 Å². The van der Waals surface area contributed by atoms with Crippen molar-refractivity contribution >= 4 is 41.0 Å². The number of likely N-dealkylation sites (tertiary alicyclic amines) is 1. The number of nitrogens with one attached hydrogen (secondary N) is 3. The van der Waals surface area contributed by atoms with E-state index < -0.39 is 0 Å². The van der Waals surface area contributed by atoms with Crippen LogP contribution in [0.3, 0.4) is 0 Å². The molecule has 1 aromatic heterocycles. The Labute approximate surface area is 180 Å². The topological polar surface area (TPSA) is 103 Å². The monoisotopic (exact) mass is 429 g/mol. The van der Waals surface area contributed by atoms with Crippen molar-refractivity contribution in [2.45, 2.75) is 19.3 Å². The standard InChI is InChI=1S/C21H24ClN5O3/c22-16-6-7-18(24-14-16)26-20(29)15-9-12-27(13-10-15)19(28)8-11-23-21(30)25-17-4-2-1-3-5-17/h1-7,14-15H,8-13H2,(H2,23,25,30)(H,24,26,29). The summed E-state index contributed by atoms with van der Waals surface area (Å²) in [7, 11) is 0. The number of anilines is 2. The molecule has 3 rings (SSSR count). The fourth-order valence-electron chi connectivity index (χ4n) is 3.21. The fourth-order valence-corrected chi connectivity index (χ4v) is 3.32. The van der Waals surface area contributed by atoms with Crippen molar-refractivity contribution in [1.29, 1.82) is 0 Å². The Hall–Kier alpha value is -3.13. The average molecular weight is 430 g/mol. The number of rotatable bonds is 6. The van der Waals surface area contributed by atoms with E-state index in [0.717, 1.165) is 0 Å². The largest absolute Gasteiger partial charge is 0.343 e. The van der Waals surface area contributed by atoms with Crippen molar-refractivity contribution in [3.8, 4) is 0 Å². The number of carbonyl (C=O) groups is 3. The molecule has 8 nitrogen and oxygen atoms in total. The van der Waals surface area contributed by atoms with Gasteiger partial charge in [-0.25, -0.2) is 9.78 Å². The quantitative estimate of drug-likeness (QED) is 0.656. The lowest BCUT2D eigenvalue weighted by molar-refractivity contribution is -0.134. The van der Waals surface area contributed by atoms with Crippen LogP contribution < -0.4 is 16.0 Å². The van der Waals surface area contributed by atoms with E-state index in [1.807, 2.05) is 18.2 Å². The van der Waals surface area contributed by atoms with Gasteiger partial charge in [-0.1, -0.05) is 29.8 Å². The summed E-state index contributed by atoms with van der Waals surface area (Å²) in [5.41, 5.74) is 0.690. The van der Waals surface area contributed by atoms with E-state index in [9.17, 15) is 14.4 Å². The van der Waals surface area contributed by atoms with Crippen LogP contribution in [0.2, 0.25) is 5.02 Å². The second-order valence-corrected chi connectivity index (χ2v) is 7.44. The van der Waals surface area contributed by atoms with Crippen molar-refractivity contribution in [2.75, 3.05) is 30.3 Å². The van der Waals surface area contributed by atoms with E-state index in [-0.39, 0.29) is 36.7 Å². The lowest BCUT2D eigenvalue weighted by Gasteiger charge is -2.31. The molecule has 2 heterocycles. The SMILES string of the molecule is O=C(NCCC(=O)N1CCC(C(=O)Nc2ccc(Cl)cn2)CC1)Nc1ccccc1. The molecule has 0 bridgehead atoms. The van der Waals surface area contributed by atoms with Gasteiger partial charge >= 0.3 is 6.03 Å². The Bertz CT molecular complexity index is 868. The first-order valence-electron chi connectivity index (χ1n) is 9.81. The van der Waals surface area contributed by atoms with Crippen LogP contribution in [0, 0.1) is 5.92 Å². The third kappa shape index (κ3) is 6.45. The highest BCUT2D eigenvalue weighted by Crippen LogP contribution is 2.20. The molecule has 1 fully saturated rings. The van der Waals surface area contributed by atoms with Gasteiger partial charge in [0, 0.05) is 43.9 Å². The molecule has 0 unspecified atom stereocenters. The van der Waals surface area contributed by atoms with Crippen molar-refractivity contribution in [1.82, 2.24) is 15.2 Å². The molecule has 0 radical (unpaired) electrons. The Morgan fingerprint density at radius 3 is 2.43 bits per heavy atom. The Morgan fingerprint density at radius 1 is 1.03 bits per heavy atom. The molecule has 1 saturated heterocycles. The molecule has 4 amide bonds. The number of halogens is 1. The number of hydrogen-bond donors (Lipinski definition) is 3. The van der Waals surface area contributed by atoms with Gasteiger partial charge in [0.15, 0.2) is 0 Å². The highest BCUT2D eigenvalue weighted by Gasteiger charge is 2.27. The van der Waals surface area contributed by atoms with Crippen molar-refractivity contribution in [2.24, 2.45) is 5.92 Å². The number of benzene rings is 1. The van der Waals surface area contributed by atoms with E-state index >= 15 is 0 Å². The number of nitrogens with zero attached hydrogens (tertiary/aromatic N) is 2. The summed E-state index contributed by atoms with van der Waals surface area (Å²) in [6.45, 7) is 1.28. The zero-order valence-electron chi connectivity index (χ0n) is 16.4. The molecule has 0 spiro atoms. The van der Waals surface area contributed by atoms with Crippen LogP contribution >= 0.6 is 11.6 Å². The van der Waals surface area contributed by atoms with Crippen LogP contribution in [0.1, 0.15) is 19.3 Å². The van der Waals surface area contributed by atoms with E-state index in [4.69, 9.17) is 11.6 Å². The summed E-state index contributed by atoms with van der Waals surface area (Å²) >= 11 is 5.79. The van der Waals surface area contributed by atoms with E-state index in [1.165, 1.54) is 6.20 Å². The minimum absolute atomic E-state index is 0.0340. The number of para-hydroxylation sites is 1. The Morgan fingerprint density at radius 2 is 1.77 bits per heavy atom. The molecule has 2 aromatic rings. The van der Waals surface area contributed by atoms with E-state index in [2.05, 4.69) is 20.9 Å². The van der Waals surface area contributed by atoms with Gasteiger partial charge in [0.05, 0.1) is 5.02 Å². The number of urea groups is 1. The first kappa shape index (κ1) is 21.6. The molecule has 158 valence electrons. The summed E-state index contributed by atoms with van der Waals surface area (Å²) in [5.74, 6) is 0.161. The highest BCUT2D eigenvalue weighted by atomic mass is 35.5. The van der Waals surface area contributed by atoms with Crippen molar-refractivity contribution < 1.29 is 14.4 Å². The first-order valence-corrected chi connectivity index (χ1v) is 10.2. The van der Waals surface area contributed by atoms with Gasteiger partial charge in [-0.3, -0.25) is 9.59 Å². The molecule has 1 aliphatic heterocycles. The third-order valence-corrected chi connectivity index (χ3v) is 5.08. The molecule has 9 heteroatoms. The van der Waals surface area contributed by atoms with E-state index in [0.29, 0.717) is 42.5 Å². The minimum Gasteiger partial charge on any atom is -0.343 e. The van der Waals surface area contributed by atoms with Crippen molar-refractivity contribution in [3.63, 3.8) is 0 Å². The number of aromatic nitrogens is 1. The molecular formula is C21H24ClN5O3. The minimum atomic E-state index is -0.347. The van der Waals surface area contributed by atoms with Gasteiger partial charge in [0.2, 0.25) is 11.8 Å². The van der Waals surface area contributed by atoms with E-state index in [1.54, 1.807) is 29.2 Å². The third-order valence-electron chi connectivity index (χ3n) is 4.85. The second kappa shape index (κ2) is 10.6. The number of piperidine rings is 1. The average Bonchev–Trinajstić information content (AvgIpc) is 2.76. The molecule has 0 saturated carbocycles. The normalized spacial score (nSPS) is 14.1. The lowest BCUT2D eigenvalue weighted by Crippen LogP contribution is -2.42. The van der Waals surface area contributed by atoms with Gasteiger partial charge in [-0.05, 0) is 37.1 Å². The van der Waals surface area contributed by atoms with Crippen LogP contribution in [0.25, 0.3) is 0 Å². The highest BCUT2D eigenvalue weighted by molar-refractivity contribution is 6.30. The van der Waals surface area contributed by atoms with Crippen LogP contribution in [-0.4, -0.2) is 47.4 Å². The van der Waals surface area contributed by atoms with Gasteiger partial charge < -0.3 is 20.9 Å². The summed E-state index contributed by atoms with van der Waals surface area (Å²) in [6, 6.07) is 12.1. The fraction of sp³-hybridized carbons (Fsp3) is 0.333.